The summed E-state index contributed by atoms with van der Waals surface area (Å²) in [6, 6.07) is 9.33. The largest absolute Gasteiger partial charge is 0.463 e. The van der Waals surface area contributed by atoms with Crippen molar-refractivity contribution in [1.82, 2.24) is 0 Å². The predicted octanol–water partition coefficient (Wildman–Crippen LogP) is 4.36. The molecule has 0 aliphatic rings. The van der Waals surface area contributed by atoms with Crippen molar-refractivity contribution in [2.24, 2.45) is 0 Å². The molecule has 0 atom stereocenters. The number of anilines is 1. The van der Waals surface area contributed by atoms with Crippen LogP contribution in [0.5, 0.6) is 0 Å². The van der Waals surface area contributed by atoms with Crippen molar-refractivity contribution in [3.63, 3.8) is 0 Å². The number of alkyl halides is 2. The average Bonchev–Trinajstić information content (AvgIpc) is 2.91. The quantitative estimate of drug-likeness (QED) is 0.861. The van der Waals surface area contributed by atoms with E-state index in [0.29, 0.717) is 29.0 Å². The molecule has 0 radical (unpaired) electrons. The maximum atomic E-state index is 13.4. The molecule has 1 N–H and O–H groups in total. The van der Waals surface area contributed by atoms with Crippen molar-refractivity contribution >= 4 is 17.4 Å². The van der Waals surface area contributed by atoms with E-state index in [4.69, 9.17) is 9.68 Å². The van der Waals surface area contributed by atoms with E-state index in [0.717, 1.165) is 0 Å². The van der Waals surface area contributed by atoms with Crippen LogP contribution in [0, 0.1) is 17.1 Å². The van der Waals surface area contributed by atoms with Gasteiger partial charge in [0, 0.05) is 0 Å². The van der Waals surface area contributed by atoms with E-state index in [9.17, 15) is 13.2 Å². The van der Waals surface area contributed by atoms with E-state index < -0.39 is 11.6 Å². The van der Waals surface area contributed by atoms with Crippen molar-refractivity contribution in [3.8, 4) is 6.07 Å². The molecule has 7 heteroatoms. The van der Waals surface area contributed by atoms with Crippen LogP contribution < -0.4 is 5.32 Å². The van der Waals surface area contributed by atoms with Crippen LogP contribution >= 0.6 is 11.8 Å². The van der Waals surface area contributed by atoms with Gasteiger partial charge in [0.05, 0.1) is 18.0 Å². The van der Waals surface area contributed by atoms with Gasteiger partial charge in [0.2, 0.25) is 0 Å². The minimum absolute atomic E-state index is 0.0717. The summed E-state index contributed by atoms with van der Waals surface area (Å²) in [5.74, 6) is -2.00. The Hall–Kier alpha value is -2.07. The molecule has 1 heterocycles. The highest BCUT2D eigenvalue weighted by Crippen LogP contribution is 2.22. The van der Waals surface area contributed by atoms with Gasteiger partial charge in [0.15, 0.2) is 0 Å². The van der Waals surface area contributed by atoms with Crippen LogP contribution in [0.1, 0.15) is 17.1 Å². The van der Waals surface area contributed by atoms with E-state index in [1.807, 2.05) is 0 Å². The second kappa shape index (κ2) is 7.09. The Balaban J connectivity index is 1.98. The molecular weight excluding hydrogens is 301 g/mol. The monoisotopic (exact) mass is 312 g/mol. The van der Waals surface area contributed by atoms with E-state index in [1.54, 1.807) is 24.3 Å². The highest BCUT2D eigenvalue weighted by atomic mass is 32.2. The van der Waals surface area contributed by atoms with Crippen molar-refractivity contribution in [2.75, 3.05) is 5.32 Å². The topological polar surface area (TPSA) is 49.0 Å². The highest BCUT2D eigenvalue weighted by molar-refractivity contribution is 7.98. The summed E-state index contributed by atoms with van der Waals surface area (Å²) < 4.78 is 42.9. The third-order valence-electron chi connectivity index (χ3n) is 2.65. The Morgan fingerprint density at radius 3 is 2.71 bits per heavy atom. The van der Waals surface area contributed by atoms with Crippen LogP contribution in [-0.2, 0) is 12.3 Å². The van der Waals surface area contributed by atoms with Crippen LogP contribution in [0.3, 0.4) is 0 Å². The van der Waals surface area contributed by atoms with Gasteiger partial charge in [-0.05, 0) is 24.3 Å². The van der Waals surface area contributed by atoms with Gasteiger partial charge in [0.25, 0.3) is 5.76 Å². The lowest BCUT2D eigenvalue weighted by atomic mass is 10.2. The Morgan fingerprint density at radius 2 is 2.00 bits per heavy atom. The van der Waals surface area contributed by atoms with E-state index in [-0.39, 0.29) is 17.9 Å². The molecule has 0 saturated carbocycles. The first-order valence-corrected chi connectivity index (χ1v) is 7.05. The lowest BCUT2D eigenvalue weighted by molar-refractivity contribution is 0.251. The fraction of sp³-hybridized carbons (Fsp3) is 0.214. The molecule has 2 aromatic rings. The molecule has 0 unspecified atom stereocenters. The normalized spacial score (nSPS) is 10.6. The van der Waals surface area contributed by atoms with Crippen molar-refractivity contribution < 1.29 is 17.6 Å². The molecule has 21 heavy (non-hydrogen) atoms. The van der Waals surface area contributed by atoms with Gasteiger partial charge in [-0.25, -0.2) is 4.39 Å². The zero-order valence-electron chi connectivity index (χ0n) is 10.8. The molecule has 0 aliphatic carbocycles. The smallest absolute Gasteiger partial charge is 0.284 e. The van der Waals surface area contributed by atoms with Gasteiger partial charge in [-0.2, -0.15) is 14.0 Å². The fourth-order valence-corrected chi connectivity index (χ4v) is 2.15. The second-order valence-corrected chi connectivity index (χ2v) is 5.05. The molecule has 0 fully saturated rings. The second-order valence-electron chi connectivity index (χ2n) is 4.07. The van der Waals surface area contributed by atoms with Crippen molar-refractivity contribution in [3.05, 3.63) is 53.2 Å². The first-order chi connectivity index (χ1) is 10.1. The summed E-state index contributed by atoms with van der Waals surface area (Å²) in [5, 5.41) is 11.8. The summed E-state index contributed by atoms with van der Waals surface area (Å²) in [6.07, 6.45) is 0. The summed E-state index contributed by atoms with van der Waals surface area (Å²) in [7, 11) is 0. The fourth-order valence-electron chi connectivity index (χ4n) is 1.71. The number of furan rings is 1. The van der Waals surface area contributed by atoms with Crippen LogP contribution in [0.2, 0.25) is 0 Å². The third-order valence-corrected chi connectivity index (χ3v) is 3.35. The van der Waals surface area contributed by atoms with Crippen LogP contribution in [0.25, 0.3) is 0 Å². The number of hydrogen-bond donors (Lipinski definition) is 1. The molecular formula is C14H11F3N2OS. The Bertz CT molecular complexity index is 652. The van der Waals surface area contributed by atoms with Gasteiger partial charge in [-0.1, -0.05) is 17.8 Å². The maximum absolute atomic E-state index is 13.4. The number of nitrogens with zero attached hydrogens (tertiary/aromatic N) is 1. The number of halogens is 3. The number of hydrogen-bond acceptors (Lipinski definition) is 4. The number of rotatable bonds is 6. The zero-order chi connectivity index (χ0) is 15.2. The van der Waals surface area contributed by atoms with E-state index in [2.05, 4.69) is 5.32 Å². The zero-order valence-corrected chi connectivity index (χ0v) is 11.6. The standard InChI is InChI=1S/C14H11F3N2OS/c15-12-2-1-3-13(11(12)6-18)19-7-9-4-5-10(20-9)8-21-14(16)17/h1-5,14,19H,7-8H2. The first-order valence-electron chi connectivity index (χ1n) is 6.00. The molecule has 1 aromatic carbocycles. The number of benzene rings is 1. The molecule has 0 bridgehead atoms. The van der Waals surface area contributed by atoms with Gasteiger partial charge in [-0.15, -0.1) is 0 Å². The lowest BCUT2D eigenvalue weighted by Crippen LogP contribution is -2.01. The number of thioether (sulfide) groups is 1. The summed E-state index contributed by atoms with van der Waals surface area (Å²) in [5.41, 5.74) is 0.287. The van der Waals surface area contributed by atoms with Gasteiger partial charge in [-0.3, -0.25) is 0 Å². The summed E-state index contributed by atoms with van der Waals surface area (Å²) in [6.45, 7) is 0.234. The average molecular weight is 312 g/mol. The molecule has 3 nitrogen and oxygen atoms in total. The summed E-state index contributed by atoms with van der Waals surface area (Å²) in [4.78, 5) is 0. The minimum Gasteiger partial charge on any atom is -0.463 e. The van der Waals surface area contributed by atoms with Crippen LogP contribution in [0.4, 0.5) is 18.9 Å². The Kier molecular flexibility index (Phi) is 5.17. The summed E-state index contributed by atoms with van der Waals surface area (Å²) >= 11 is 0.480. The van der Waals surface area contributed by atoms with Gasteiger partial charge in [0.1, 0.15) is 29.0 Å². The van der Waals surface area contributed by atoms with E-state index in [1.165, 1.54) is 12.1 Å². The molecule has 0 saturated heterocycles. The predicted molar refractivity (Wildman–Crippen MR) is 74.4 cm³/mol. The van der Waals surface area contributed by atoms with Crippen LogP contribution in [0.15, 0.2) is 34.7 Å². The molecule has 0 amide bonds. The maximum Gasteiger partial charge on any atom is 0.284 e. The molecule has 0 aliphatic heterocycles. The third kappa shape index (κ3) is 4.20. The van der Waals surface area contributed by atoms with Crippen molar-refractivity contribution in [2.45, 2.75) is 18.1 Å². The van der Waals surface area contributed by atoms with Crippen molar-refractivity contribution in [1.29, 1.82) is 5.26 Å². The Morgan fingerprint density at radius 1 is 1.24 bits per heavy atom. The molecule has 1 aromatic heterocycles. The SMILES string of the molecule is N#Cc1c(F)cccc1NCc1ccc(CSC(F)F)o1. The molecule has 110 valence electrons. The minimum atomic E-state index is -2.44. The lowest BCUT2D eigenvalue weighted by Gasteiger charge is -2.06. The van der Waals surface area contributed by atoms with Gasteiger partial charge < -0.3 is 9.73 Å². The highest BCUT2D eigenvalue weighted by Gasteiger charge is 2.09. The molecule has 0 spiro atoms. The van der Waals surface area contributed by atoms with E-state index >= 15 is 0 Å². The first kappa shape index (κ1) is 15.3. The number of nitriles is 1. The van der Waals surface area contributed by atoms with Gasteiger partial charge >= 0.3 is 0 Å². The Labute approximate surface area is 123 Å². The van der Waals surface area contributed by atoms with Crippen LogP contribution in [-0.4, -0.2) is 5.76 Å². The number of nitrogens with one attached hydrogen (secondary N) is 1. The molecule has 2 rings (SSSR count).